The minimum atomic E-state index is -0.938. The van der Waals surface area contributed by atoms with Crippen LogP contribution in [0.2, 0.25) is 0 Å². The minimum absolute atomic E-state index is 0. The highest BCUT2D eigenvalue weighted by Gasteiger charge is 2.08. The van der Waals surface area contributed by atoms with Crippen LogP contribution in [0.5, 0.6) is 0 Å². The van der Waals surface area contributed by atoms with Gasteiger partial charge < -0.3 is 10.4 Å². The topological polar surface area (TPSA) is 69.6 Å². The molecule has 0 saturated carbocycles. The zero-order valence-electron chi connectivity index (χ0n) is 11.4. The number of likely N-dealkylation sites (N-methyl/N-ethyl adjacent to an activating group) is 1. The molecule has 0 aromatic heterocycles. The van der Waals surface area contributed by atoms with Crippen LogP contribution in [0.1, 0.15) is 12.0 Å². The van der Waals surface area contributed by atoms with E-state index in [0.717, 1.165) is 18.2 Å². The average Bonchev–Trinajstić information content (AvgIpc) is 2.33. The standard InChI is InChI=1S/C13H16F2N2O3.ClH/c1-17(3-2-13(19)20)8-12(18)16-7-9-4-10(14)6-11(15)5-9;/h4-6H,2-3,7-8H2,1H3,(H,16,18)(H,19,20);1H. The third kappa shape index (κ3) is 8.21. The first-order chi connectivity index (χ1) is 9.36. The van der Waals surface area contributed by atoms with Gasteiger partial charge in [-0.3, -0.25) is 14.5 Å². The molecule has 1 amide bonds. The molecule has 21 heavy (non-hydrogen) atoms. The smallest absolute Gasteiger partial charge is 0.304 e. The van der Waals surface area contributed by atoms with Crippen LogP contribution in [0.4, 0.5) is 8.78 Å². The number of rotatable bonds is 7. The highest BCUT2D eigenvalue weighted by atomic mass is 35.5. The Hall–Kier alpha value is -1.73. The van der Waals surface area contributed by atoms with Gasteiger partial charge in [0.15, 0.2) is 0 Å². The van der Waals surface area contributed by atoms with Crippen LogP contribution in [0.15, 0.2) is 18.2 Å². The molecule has 0 aliphatic heterocycles. The Kier molecular flexibility index (Phi) is 8.49. The van der Waals surface area contributed by atoms with Crippen LogP contribution < -0.4 is 5.32 Å². The molecule has 8 heteroatoms. The van der Waals surface area contributed by atoms with Crippen molar-refractivity contribution in [2.24, 2.45) is 0 Å². The van der Waals surface area contributed by atoms with Crippen molar-refractivity contribution in [1.82, 2.24) is 10.2 Å². The van der Waals surface area contributed by atoms with Crippen molar-refractivity contribution in [1.29, 1.82) is 0 Å². The van der Waals surface area contributed by atoms with Gasteiger partial charge in [0, 0.05) is 19.2 Å². The zero-order chi connectivity index (χ0) is 15.1. The summed E-state index contributed by atoms with van der Waals surface area (Å²) < 4.78 is 25.8. The fourth-order valence-corrected chi connectivity index (χ4v) is 1.58. The normalized spacial score (nSPS) is 10.1. The first-order valence-electron chi connectivity index (χ1n) is 5.99. The first-order valence-corrected chi connectivity index (χ1v) is 5.99. The van der Waals surface area contributed by atoms with E-state index in [1.165, 1.54) is 0 Å². The predicted molar refractivity (Wildman–Crippen MR) is 75.2 cm³/mol. The second kappa shape index (κ2) is 9.25. The monoisotopic (exact) mass is 322 g/mol. The molecular formula is C13H17ClF2N2O3. The van der Waals surface area contributed by atoms with Gasteiger partial charge >= 0.3 is 5.97 Å². The number of hydrogen-bond acceptors (Lipinski definition) is 3. The van der Waals surface area contributed by atoms with E-state index in [0.29, 0.717) is 5.56 Å². The number of amides is 1. The summed E-state index contributed by atoms with van der Waals surface area (Å²) >= 11 is 0. The van der Waals surface area contributed by atoms with E-state index in [4.69, 9.17) is 5.11 Å². The van der Waals surface area contributed by atoms with Gasteiger partial charge in [-0.2, -0.15) is 0 Å². The van der Waals surface area contributed by atoms with Crippen molar-refractivity contribution >= 4 is 24.3 Å². The molecule has 0 saturated heterocycles. The van der Waals surface area contributed by atoms with Gasteiger partial charge in [0.25, 0.3) is 0 Å². The molecular weight excluding hydrogens is 306 g/mol. The molecule has 0 fully saturated rings. The zero-order valence-corrected chi connectivity index (χ0v) is 12.3. The highest BCUT2D eigenvalue weighted by molar-refractivity contribution is 5.85. The number of carboxylic acid groups (broad SMARTS) is 1. The summed E-state index contributed by atoms with van der Waals surface area (Å²) in [6.07, 6.45) is -0.0567. The second-order valence-electron chi connectivity index (χ2n) is 4.44. The quantitative estimate of drug-likeness (QED) is 0.796. The Labute approximate surface area is 127 Å². The Balaban J connectivity index is 0.00000400. The maximum absolute atomic E-state index is 12.9. The van der Waals surface area contributed by atoms with E-state index in [-0.39, 0.29) is 44.4 Å². The van der Waals surface area contributed by atoms with E-state index >= 15 is 0 Å². The molecule has 1 rings (SSSR count). The number of carboxylic acids is 1. The summed E-state index contributed by atoms with van der Waals surface area (Å²) in [5.74, 6) is -2.68. The molecule has 118 valence electrons. The number of halogens is 3. The molecule has 0 unspecified atom stereocenters. The van der Waals surface area contributed by atoms with Gasteiger partial charge in [0.1, 0.15) is 11.6 Å². The Morgan fingerprint density at radius 2 is 1.81 bits per heavy atom. The molecule has 1 aromatic rings. The summed E-state index contributed by atoms with van der Waals surface area (Å²) in [6.45, 7) is 0.280. The maximum atomic E-state index is 12.9. The highest BCUT2D eigenvalue weighted by Crippen LogP contribution is 2.07. The molecule has 2 N–H and O–H groups in total. The van der Waals surface area contributed by atoms with E-state index < -0.39 is 17.6 Å². The molecule has 0 bridgehead atoms. The van der Waals surface area contributed by atoms with Gasteiger partial charge in [-0.1, -0.05) is 0 Å². The summed E-state index contributed by atoms with van der Waals surface area (Å²) in [5.41, 5.74) is 0.323. The van der Waals surface area contributed by atoms with Crippen molar-refractivity contribution in [3.8, 4) is 0 Å². The largest absolute Gasteiger partial charge is 0.481 e. The Morgan fingerprint density at radius 1 is 1.24 bits per heavy atom. The number of carbonyl (C=O) groups excluding carboxylic acids is 1. The number of nitrogens with zero attached hydrogens (tertiary/aromatic N) is 1. The molecule has 5 nitrogen and oxygen atoms in total. The Morgan fingerprint density at radius 3 is 2.33 bits per heavy atom. The number of aliphatic carboxylic acids is 1. The van der Waals surface area contributed by atoms with E-state index in [1.807, 2.05) is 0 Å². The average molecular weight is 323 g/mol. The molecule has 1 aromatic carbocycles. The summed E-state index contributed by atoms with van der Waals surface area (Å²) in [7, 11) is 1.62. The van der Waals surface area contributed by atoms with Crippen LogP contribution in [0.25, 0.3) is 0 Å². The molecule has 0 spiro atoms. The molecule has 0 aliphatic rings. The SMILES string of the molecule is CN(CCC(=O)O)CC(=O)NCc1cc(F)cc(F)c1.Cl. The van der Waals surface area contributed by atoms with Gasteiger partial charge in [-0.15, -0.1) is 12.4 Å². The van der Waals surface area contributed by atoms with Crippen LogP contribution in [0.3, 0.4) is 0 Å². The Bertz CT molecular complexity index is 480. The van der Waals surface area contributed by atoms with E-state index in [9.17, 15) is 18.4 Å². The van der Waals surface area contributed by atoms with E-state index in [2.05, 4.69) is 5.32 Å². The van der Waals surface area contributed by atoms with E-state index in [1.54, 1.807) is 11.9 Å². The molecule has 0 atom stereocenters. The number of benzene rings is 1. The fourth-order valence-electron chi connectivity index (χ4n) is 1.58. The van der Waals surface area contributed by atoms with Crippen LogP contribution in [-0.4, -0.2) is 42.0 Å². The lowest BCUT2D eigenvalue weighted by Crippen LogP contribution is -2.35. The third-order valence-electron chi connectivity index (χ3n) is 2.53. The maximum Gasteiger partial charge on any atom is 0.304 e. The van der Waals surface area contributed by atoms with Gasteiger partial charge in [-0.25, -0.2) is 8.78 Å². The molecule has 0 aliphatic carbocycles. The summed E-state index contributed by atoms with van der Waals surface area (Å²) in [6, 6.07) is 3.03. The lowest BCUT2D eigenvalue weighted by Gasteiger charge is -2.15. The van der Waals surface area contributed by atoms with Crippen LogP contribution in [0, 0.1) is 11.6 Å². The first kappa shape index (κ1) is 19.3. The van der Waals surface area contributed by atoms with Crippen molar-refractivity contribution in [3.05, 3.63) is 35.4 Å². The van der Waals surface area contributed by atoms with Gasteiger partial charge in [-0.05, 0) is 24.7 Å². The van der Waals surface area contributed by atoms with Gasteiger partial charge in [0.2, 0.25) is 5.91 Å². The third-order valence-corrected chi connectivity index (χ3v) is 2.53. The summed E-state index contributed by atoms with van der Waals surface area (Å²) in [4.78, 5) is 23.5. The predicted octanol–water partition coefficient (Wildman–Crippen LogP) is 1.41. The minimum Gasteiger partial charge on any atom is -0.481 e. The van der Waals surface area contributed by atoms with Crippen molar-refractivity contribution in [2.45, 2.75) is 13.0 Å². The lowest BCUT2D eigenvalue weighted by atomic mass is 10.2. The fraction of sp³-hybridized carbons (Fsp3) is 0.385. The van der Waals surface area contributed by atoms with Crippen molar-refractivity contribution in [3.63, 3.8) is 0 Å². The van der Waals surface area contributed by atoms with Crippen molar-refractivity contribution in [2.75, 3.05) is 20.1 Å². The molecule has 0 radical (unpaired) electrons. The summed E-state index contributed by atoms with van der Waals surface area (Å²) in [5, 5.41) is 11.0. The van der Waals surface area contributed by atoms with Crippen LogP contribution >= 0.6 is 12.4 Å². The van der Waals surface area contributed by atoms with Gasteiger partial charge in [0.05, 0.1) is 13.0 Å². The van der Waals surface area contributed by atoms with Crippen LogP contribution in [-0.2, 0) is 16.1 Å². The lowest BCUT2D eigenvalue weighted by molar-refractivity contribution is -0.137. The number of nitrogens with one attached hydrogen (secondary N) is 1. The van der Waals surface area contributed by atoms with Crippen molar-refractivity contribution < 1.29 is 23.5 Å². The second-order valence-corrected chi connectivity index (χ2v) is 4.44. The number of carbonyl (C=O) groups is 2. The number of hydrogen-bond donors (Lipinski definition) is 2. The molecule has 0 heterocycles.